The van der Waals surface area contributed by atoms with E-state index in [0.717, 1.165) is 23.4 Å². The maximum absolute atomic E-state index is 12.9. The highest BCUT2D eigenvalue weighted by atomic mass is 32.1. The van der Waals surface area contributed by atoms with Gasteiger partial charge in [-0.1, -0.05) is 31.2 Å². The lowest BCUT2D eigenvalue weighted by Crippen LogP contribution is -2.47. The quantitative estimate of drug-likeness (QED) is 0.365. The lowest BCUT2D eigenvalue weighted by atomic mass is 9.94. The fourth-order valence-corrected chi connectivity index (χ4v) is 4.21. The van der Waals surface area contributed by atoms with Crippen molar-refractivity contribution in [2.75, 3.05) is 17.2 Å². The van der Waals surface area contributed by atoms with Crippen LogP contribution in [-0.2, 0) is 16.0 Å². The van der Waals surface area contributed by atoms with E-state index in [1.807, 2.05) is 69.0 Å². The number of carbonyl (C=O) groups excluding carboxylic acids is 2. The zero-order valence-corrected chi connectivity index (χ0v) is 21.1. The maximum atomic E-state index is 12.9. The summed E-state index contributed by atoms with van der Waals surface area (Å²) in [7, 11) is 0. The van der Waals surface area contributed by atoms with Crippen LogP contribution in [0.3, 0.4) is 0 Å². The van der Waals surface area contributed by atoms with Crippen LogP contribution in [0, 0.1) is 0 Å². The first-order valence-electron chi connectivity index (χ1n) is 11.5. The van der Waals surface area contributed by atoms with E-state index in [4.69, 9.17) is 17.0 Å². The minimum atomic E-state index is -0.443. The molecule has 0 aliphatic carbocycles. The average Bonchev–Trinajstić information content (AvgIpc) is 2.79. The van der Waals surface area contributed by atoms with E-state index >= 15 is 0 Å². The molecule has 7 nitrogen and oxygen atoms in total. The Bertz CT molecular complexity index is 1080. The minimum Gasteiger partial charge on any atom is -0.459 e. The molecule has 34 heavy (non-hydrogen) atoms. The van der Waals surface area contributed by atoms with Crippen LogP contribution in [0.15, 0.2) is 59.8 Å². The molecule has 0 radical (unpaired) electrons. The number of thiocarbonyl (C=S) groups is 1. The van der Waals surface area contributed by atoms with Crippen molar-refractivity contribution in [2.24, 2.45) is 0 Å². The second-order valence-corrected chi connectivity index (χ2v) is 8.72. The van der Waals surface area contributed by atoms with Gasteiger partial charge in [0.2, 0.25) is 0 Å². The Morgan fingerprint density at radius 3 is 2.09 bits per heavy atom. The third-order valence-corrected chi connectivity index (χ3v) is 5.94. The summed E-state index contributed by atoms with van der Waals surface area (Å²) in [6, 6.07) is 14.3. The van der Waals surface area contributed by atoms with Gasteiger partial charge in [-0.15, -0.1) is 0 Å². The van der Waals surface area contributed by atoms with Gasteiger partial charge in [0.15, 0.2) is 5.11 Å². The maximum Gasteiger partial charge on any atom is 0.338 e. The fourth-order valence-electron chi connectivity index (χ4n) is 3.83. The zero-order chi connectivity index (χ0) is 24.8. The van der Waals surface area contributed by atoms with Gasteiger partial charge in [-0.25, -0.2) is 9.59 Å². The Kier molecular flexibility index (Phi) is 8.28. The van der Waals surface area contributed by atoms with Crippen molar-refractivity contribution in [2.45, 2.75) is 53.2 Å². The third kappa shape index (κ3) is 5.94. The van der Waals surface area contributed by atoms with Crippen LogP contribution >= 0.6 is 12.2 Å². The van der Waals surface area contributed by atoms with Crippen molar-refractivity contribution in [1.82, 2.24) is 10.2 Å². The molecule has 0 saturated heterocycles. The highest BCUT2D eigenvalue weighted by Crippen LogP contribution is 2.32. The van der Waals surface area contributed by atoms with Crippen molar-refractivity contribution in [3.05, 3.63) is 70.9 Å². The van der Waals surface area contributed by atoms with E-state index < -0.39 is 6.04 Å². The summed E-state index contributed by atoms with van der Waals surface area (Å²) in [5.74, 6) is -0.373. The van der Waals surface area contributed by atoms with Crippen LogP contribution in [0.4, 0.5) is 16.2 Å². The monoisotopic (exact) mass is 480 g/mol. The van der Waals surface area contributed by atoms with Gasteiger partial charge in [0.05, 0.1) is 17.7 Å². The van der Waals surface area contributed by atoms with Gasteiger partial charge in [0.25, 0.3) is 0 Å². The number of ether oxygens (including phenoxy) is 1. The molecule has 8 heteroatoms. The highest BCUT2D eigenvalue weighted by Gasteiger charge is 2.34. The molecule has 0 saturated carbocycles. The van der Waals surface area contributed by atoms with Crippen LogP contribution in [0.5, 0.6) is 0 Å². The van der Waals surface area contributed by atoms with Gasteiger partial charge in [-0.2, -0.15) is 0 Å². The van der Waals surface area contributed by atoms with Crippen LogP contribution in [0.2, 0.25) is 0 Å². The molecule has 3 rings (SSSR count). The normalized spacial score (nSPS) is 15.8. The third-order valence-electron chi connectivity index (χ3n) is 5.60. The number of hydrogen-bond donors (Lipinski definition) is 3. The summed E-state index contributed by atoms with van der Waals surface area (Å²) in [5.41, 5.74) is 4.71. The molecule has 1 aliphatic heterocycles. The molecule has 1 atom stereocenters. The number of nitrogens with zero attached hydrogens (tertiary/aromatic N) is 1. The molecule has 3 N–H and O–H groups in total. The molecule has 1 heterocycles. The molecule has 0 fully saturated rings. The summed E-state index contributed by atoms with van der Waals surface area (Å²) in [6.45, 7) is 10.2. The second-order valence-electron chi connectivity index (χ2n) is 8.33. The molecule has 0 unspecified atom stereocenters. The number of nitrogens with one attached hydrogen (secondary N) is 3. The summed E-state index contributed by atoms with van der Waals surface area (Å²) in [4.78, 5) is 27.2. The number of benzene rings is 2. The minimum absolute atomic E-state index is 0.235. The number of urea groups is 1. The molecule has 0 aromatic heterocycles. The van der Waals surface area contributed by atoms with E-state index in [1.165, 1.54) is 5.56 Å². The van der Waals surface area contributed by atoms with Gasteiger partial charge >= 0.3 is 12.0 Å². The molecule has 180 valence electrons. The van der Waals surface area contributed by atoms with E-state index in [2.05, 4.69) is 22.9 Å². The number of esters is 1. The smallest absolute Gasteiger partial charge is 0.338 e. The molecule has 0 bridgehead atoms. The Hall–Kier alpha value is -3.39. The van der Waals surface area contributed by atoms with E-state index in [9.17, 15) is 9.59 Å². The standard InChI is InChI=1S/C26H32N4O3S/c1-6-18-8-12-20(13-9-18)27-25(32)28-21-14-10-19(11-15-21)23-22(24(31)33-16(3)4)17(5)30(7-2)26(34)29-23/h8-16,23H,6-7H2,1-5H3,(H,29,34)(H2,27,28,32)/t23-/m0/s1. The van der Waals surface area contributed by atoms with Gasteiger partial charge in [-0.05, 0) is 81.7 Å². The Morgan fingerprint density at radius 1 is 1.03 bits per heavy atom. The zero-order valence-electron chi connectivity index (χ0n) is 20.3. The van der Waals surface area contributed by atoms with Crippen molar-refractivity contribution in [1.29, 1.82) is 0 Å². The largest absolute Gasteiger partial charge is 0.459 e. The predicted molar refractivity (Wildman–Crippen MR) is 140 cm³/mol. The number of amides is 2. The van der Waals surface area contributed by atoms with Gasteiger partial charge in [0.1, 0.15) is 0 Å². The average molecular weight is 481 g/mol. The number of allylic oxidation sites excluding steroid dienone is 1. The van der Waals surface area contributed by atoms with Crippen molar-refractivity contribution >= 4 is 40.7 Å². The SMILES string of the molecule is CCc1ccc(NC(=O)Nc2ccc([C@@H]3NC(=S)N(CC)C(C)=C3C(=O)OC(C)C)cc2)cc1. The number of rotatable bonds is 7. The van der Waals surface area contributed by atoms with Crippen LogP contribution in [-0.4, -0.2) is 34.7 Å². The summed E-state index contributed by atoms with van der Waals surface area (Å²) < 4.78 is 5.52. The lowest BCUT2D eigenvalue weighted by molar-refractivity contribution is -0.143. The van der Waals surface area contributed by atoms with Gasteiger partial charge in [0, 0.05) is 23.6 Å². The molecular weight excluding hydrogens is 448 g/mol. The van der Waals surface area contributed by atoms with Crippen molar-refractivity contribution in [3.63, 3.8) is 0 Å². The first kappa shape index (κ1) is 25.2. The van der Waals surface area contributed by atoms with Crippen molar-refractivity contribution in [3.8, 4) is 0 Å². The Morgan fingerprint density at radius 2 is 1.59 bits per heavy atom. The summed E-state index contributed by atoms with van der Waals surface area (Å²) in [5, 5.41) is 9.49. The fraction of sp³-hybridized carbons (Fsp3) is 0.346. The molecule has 2 aromatic rings. The number of carbonyl (C=O) groups is 2. The second kappa shape index (κ2) is 11.2. The summed E-state index contributed by atoms with van der Waals surface area (Å²) in [6.07, 6.45) is 0.710. The van der Waals surface area contributed by atoms with E-state index in [-0.39, 0.29) is 18.1 Å². The molecule has 1 aliphatic rings. The first-order valence-corrected chi connectivity index (χ1v) is 11.9. The van der Waals surface area contributed by atoms with Crippen LogP contribution < -0.4 is 16.0 Å². The Balaban J connectivity index is 1.77. The summed E-state index contributed by atoms with van der Waals surface area (Å²) >= 11 is 5.53. The molecule has 2 aromatic carbocycles. The number of anilines is 2. The lowest BCUT2D eigenvalue weighted by Gasteiger charge is -2.37. The number of aryl methyl sites for hydroxylation is 1. The van der Waals surface area contributed by atoms with E-state index in [0.29, 0.717) is 22.9 Å². The van der Waals surface area contributed by atoms with Crippen LogP contribution in [0.1, 0.15) is 51.8 Å². The molecule has 2 amide bonds. The van der Waals surface area contributed by atoms with Gasteiger partial charge < -0.3 is 25.6 Å². The Labute approximate surface area is 206 Å². The molecule has 0 spiro atoms. The van der Waals surface area contributed by atoms with Crippen LogP contribution in [0.25, 0.3) is 0 Å². The van der Waals surface area contributed by atoms with Gasteiger partial charge in [-0.3, -0.25) is 0 Å². The number of hydrogen-bond acceptors (Lipinski definition) is 4. The first-order chi connectivity index (χ1) is 16.2. The topological polar surface area (TPSA) is 82.7 Å². The van der Waals surface area contributed by atoms with E-state index in [1.54, 1.807) is 12.1 Å². The molecular formula is C26H32N4O3S. The highest BCUT2D eigenvalue weighted by molar-refractivity contribution is 7.80. The predicted octanol–water partition coefficient (Wildman–Crippen LogP) is 5.37. The van der Waals surface area contributed by atoms with Crippen molar-refractivity contribution < 1.29 is 14.3 Å².